The fraction of sp³-hybridized carbons (Fsp3) is 0.360. The third-order valence-electron chi connectivity index (χ3n) is 7.63. The Morgan fingerprint density at radius 3 is 2.72 bits per heavy atom. The number of imidazole rings is 1. The summed E-state index contributed by atoms with van der Waals surface area (Å²) in [5, 5.41) is 20.5. The average Bonchev–Trinajstić information content (AvgIpc) is 3.61. The van der Waals surface area contributed by atoms with Crippen LogP contribution >= 0.6 is 0 Å². The third kappa shape index (κ3) is 3.58. The molecule has 0 radical (unpaired) electrons. The van der Waals surface area contributed by atoms with E-state index in [-0.39, 0.29) is 5.41 Å². The Balaban J connectivity index is 1.03. The number of rotatable bonds is 8. The van der Waals surface area contributed by atoms with Gasteiger partial charge in [-0.25, -0.2) is 14.1 Å². The number of aromatic nitrogens is 9. The van der Waals surface area contributed by atoms with E-state index in [4.69, 9.17) is 4.98 Å². The molecule has 5 aromatic rings. The molecule has 3 aliphatic rings. The maximum absolute atomic E-state index is 13.9. The van der Waals surface area contributed by atoms with Gasteiger partial charge in [0.05, 0.1) is 37.0 Å². The summed E-state index contributed by atoms with van der Waals surface area (Å²) in [6, 6.07) is 6.35. The Morgan fingerprint density at radius 1 is 1.08 bits per heavy atom. The molecule has 0 aromatic carbocycles. The number of hydrogen-bond acceptors (Lipinski definition) is 7. The zero-order valence-corrected chi connectivity index (χ0v) is 19.8. The first kappa shape index (κ1) is 21.3. The lowest BCUT2D eigenvalue weighted by atomic mass is 9.40. The molecule has 11 heteroatoms. The Hall–Kier alpha value is -3.99. The van der Waals surface area contributed by atoms with Crippen molar-refractivity contribution in [3.8, 4) is 16.9 Å². The van der Waals surface area contributed by atoms with E-state index in [1.165, 1.54) is 10.4 Å². The first-order valence-electron chi connectivity index (χ1n) is 12.1. The van der Waals surface area contributed by atoms with Crippen molar-refractivity contribution in [1.29, 1.82) is 0 Å². The van der Waals surface area contributed by atoms with Crippen LogP contribution in [0.15, 0.2) is 61.6 Å². The van der Waals surface area contributed by atoms with Crippen LogP contribution in [0.2, 0.25) is 0 Å². The van der Waals surface area contributed by atoms with Crippen LogP contribution in [-0.2, 0) is 13.1 Å². The quantitative estimate of drug-likeness (QED) is 0.361. The zero-order valence-electron chi connectivity index (χ0n) is 19.8. The minimum Gasteiger partial charge on any atom is -0.310 e. The van der Waals surface area contributed by atoms with Gasteiger partial charge < -0.3 is 9.72 Å². The molecule has 5 heterocycles. The second-order valence-corrected chi connectivity index (χ2v) is 10.2. The molecule has 2 bridgehead atoms. The van der Waals surface area contributed by atoms with E-state index >= 15 is 0 Å². The number of fused-ring (bicyclic) bond motifs is 1. The summed E-state index contributed by atoms with van der Waals surface area (Å²) >= 11 is 0. The third-order valence-corrected chi connectivity index (χ3v) is 7.63. The van der Waals surface area contributed by atoms with Crippen molar-refractivity contribution in [3.63, 3.8) is 0 Å². The van der Waals surface area contributed by atoms with E-state index in [2.05, 4.69) is 50.0 Å². The van der Waals surface area contributed by atoms with Crippen LogP contribution in [0.3, 0.4) is 0 Å². The molecule has 1 atom stereocenters. The van der Waals surface area contributed by atoms with Gasteiger partial charge in [0, 0.05) is 36.7 Å². The van der Waals surface area contributed by atoms with Gasteiger partial charge in [-0.2, -0.15) is 15.0 Å². The van der Waals surface area contributed by atoms with E-state index in [1.54, 1.807) is 29.5 Å². The van der Waals surface area contributed by atoms with Crippen LogP contribution in [0.25, 0.3) is 22.6 Å². The standard InChI is InChI=1S/C25H25FN10/c1-17(24-14-25(26,15-24)16-24)28-7-18-2-3-23-31-20(11-34(23)10-18)12-35-13-22(32-33-35)19-6-21(9-27-8-19)36-29-4-5-30-36/h2-6,8-11,13,17,28H,7,12,14-16H2,1H3. The summed E-state index contributed by atoms with van der Waals surface area (Å²) in [6.07, 6.45) is 14.8. The molecule has 36 heavy (non-hydrogen) atoms. The van der Waals surface area contributed by atoms with Gasteiger partial charge in [0.2, 0.25) is 0 Å². The number of nitrogens with one attached hydrogen (secondary N) is 1. The molecule has 0 amide bonds. The monoisotopic (exact) mass is 484 g/mol. The van der Waals surface area contributed by atoms with Crippen molar-refractivity contribution in [3.05, 3.63) is 72.8 Å². The molecule has 1 unspecified atom stereocenters. The predicted molar refractivity (Wildman–Crippen MR) is 129 cm³/mol. The van der Waals surface area contributed by atoms with Crippen molar-refractivity contribution in [2.45, 2.75) is 51.0 Å². The van der Waals surface area contributed by atoms with Crippen LogP contribution in [0.1, 0.15) is 37.4 Å². The molecule has 0 aliphatic heterocycles. The number of alkyl halides is 1. The van der Waals surface area contributed by atoms with Crippen molar-refractivity contribution in [2.75, 3.05) is 0 Å². The van der Waals surface area contributed by atoms with Gasteiger partial charge in [0.1, 0.15) is 22.7 Å². The fourth-order valence-electron chi connectivity index (χ4n) is 5.66. The van der Waals surface area contributed by atoms with Gasteiger partial charge in [0.15, 0.2) is 0 Å². The van der Waals surface area contributed by atoms with E-state index in [1.807, 2.05) is 28.9 Å². The van der Waals surface area contributed by atoms with Gasteiger partial charge in [-0.1, -0.05) is 11.3 Å². The minimum atomic E-state index is -0.856. The SMILES string of the molecule is CC(NCc1ccc2nc(Cn3cc(-c4cncc(-n5nccn5)c4)nn3)cn2c1)C12CC(F)(C1)C2. The smallest absolute Gasteiger partial charge is 0.137 e. The van der Waals surface area contributed by atoms with Crippen molar-refractivity contribution < 1.29 is 4.39 Å². The Labute approximate surface area is 206 Å². The Bertz CT molecular complexity index is 1530. The average molecular weight is 485 g/mol. The van der Waals surface area contributed by atoms with Gasteiger partial charge >= 0.3 is 0 Å². The summed E-state index contributed by atoms with van der Waals surface area (Å²) < 4.78 is 17.7. The predicted octanol–water partition coefficient (Wildman–Crippen LogP) is 2.99. The van der Waals surface area contributed by atoms with Gasteiger partial charge in [-0.3, -0.25) is 4.98 Å². The van der Waals surface area contributed by atoms with Gasteiger partial charge in [0.25, 0.3) is 0 Å². The van der Waals surface area contributed by atoms with Crippen LogP contribution in [-0.4, -0.2) is 56.1 Å². The molecular formula is C25H25FN10. The molecule has 8 rings (SSSR count). The molecule has 0 saturated heterocycles. The molecule has 10 nitrogen and oxygen atoms in total. The first-order chi connectivity index (χ1) is 17.5. The molecule has 5 aromatic heterocycles. The van der Waals surface area contributed by atoms with Gasteiger partial charge in [-0.15, -0.1) is 5.10 Å². The molecule has 0 spiro atoms. The second kappa shape index (κ2) is 7.76. The fourth-order valence-corrected chi connectivity index (χ4v) is 5.66. The Kier molecular flexibility index (Phi) is 4.59. The lowest BCUT2D eigenvalue weighted by Crippen LogP contribution is -2.70. The zero-order chi connectivity index (χ0) is 24.3. The van der Waals surface area contributed by atoms with Crippen LogP contribution in [0, 0.1) is 5.41 Å². The van der Waals surface area contributed by atoms with Crippen molar-refractivity contribution >= 4 is 5.65 Å². The van der Waals surface area contributed by atoms with Crippen LogP contribution < -0.4 is 5.32 Å². The highest BCUT2D eigenvalue weighted by Crippen LogP contribution is 2.70. The maximum atomic E-state index is 13.9. The molecule has 3 fully saturated rings. The number of nitrogens with zero attached hydrogens (tertiary/aromatic N) is 9. The topological polar surface area (TPSA) is 104 Å². The van der Waals surface area contributed by atoms with Crippen molar-refractivity contribution in [1.82, 2.24) is 49.7 Å². The highest BCUT2D eigenvalue weighted by atomic mass is 19.1. The normalized spacial score (nSPS) is 23.4. The lowest BCUT2D eigenvalue weighted by Gasteiger charge is -2.68. The first-order valence-corrected chi connectivity index (χ1v) is 12.1. The number of halogens is 1. The van der Waals surface area contributed by atoms with E-state index < -0.39 is 5.67 Å². The highest BCUT2D eigenvalue weighted by Gasteiger charge is 2.70. The molecule has 3 saturated carbocycles. The summed E-state index contributed by atoms with van der Waals surface area (Å²) in [5.41, 5.74) is 4.55. The molecule has 182 valence electrons. The largest absolute Gasteiger partial charge is 0.310 e. The van der Waals surface area contributed by atoms with E-state index in [0.717, 1.165) is 29.1 Å². The maximum Gasteiger partial charge on any atom is 0.137 e. The second-order valence-electron chi connectivity index (χ2n) is 10.2. The number of pyridine rings is 2. The summed E-state index contributed by atoms with van der Waals surface area (Å²) in [6.45, 7) is 3.43. The van der Waals surface area contributed by atoms with Gasteiger partial charge in [-0.05, 0) is 49.3 Å². The van der Waals surface area contributed by atoms with E-state index in [9.17, 15) is 4.39 Å². The summed E-state index contributed by atoms with van der Waals surface area (Å²) in [4.78, 5) is 10.5. The lowest BCUT2D eigenvalue weighted by molar-refractivity contribution is -0.226. The Morgan fingerprint density at radius 2 is 1.92 bits per heavy atom. The highest BCUT2D eigenvalue weighted by molar-refractivity contribution is 5.59. The molecule has 1 N–H and O–H groups in total. The summed E-state index contributed by atoms with van der Waals surface area (Å²) in [7, 11) is 0. The van der Waals surface area contributed by atoms with Crippen LogP contribution in [0.4, 0.5) is 4.39 Å². The molecule has 3 aliphatic carbocycles. The summed E-state index contributed by atoms with van der Waals surface area (Å²) in [5.74, 6) is 0. The number of hydrogen-bond donors (Lipinski definition) is 1. The van der Waals surface area contributed by atoms with Crippen LogP contribution in [0.5, 0.6) is 0 Å². The van der Waals surface area contributed by atoms with Crippen molar-refractivity contribution in [2.24, 2.45) is 5.41 Å². The minimum absolute atomic E-state index is 0.172. The molecular weight excluding hydrogens is 459 g/mol. The van der Waals surface area contributed by atoms with E-state index in [0.29, 0.717) is 37.5 Å².